The SMILES string of the molecule is CC(=O)N[C@H]1[C@H](OC[C@H]2O[C@@H](O[C@@H]([C@H](O)[C@@H](O)CO)[C@H](O)CO)[C@H](O)[C@@H](O[C@@H]3O[C@H](CO[C@]4(C(=O)O)C[C@H](O)[C@@H](NC(C)=O)[C@H]([C@H](O)[C@H](O)CO)O4)[C@@H](O)[C@H](O[C@@H]4O[C@H](CO)[C@H](O)[C@H](O)[C@H]4O)[C@H]3NC(C)=O)[C@H]2O)O[C@H](CO)[C@@H](O[C@@H]2O[C@H](CO[C@]3(C(=O)O)C[C@H](O)[C@@H](NC(C)=O)[C@H]([C@H](O)[C@H](O)CO)O3)[C@H](O)[C@H](O)[C@H]2O)[C@@H]1O. The number of aliphatic hydroxyl groups is 25. The fraction of sp³-hybridized carbons (Fsp3) is 0.903. The summed E-state index contributed by atoms with van der Waals surface area (Å²) in [5.41, 5.74) is 0. The third-order valence-corrected chi connectivity index (χ3v) is 19.8. The highest BCUT2D eigenvalue weighted by Crippen LogP contribution is 2.41. The molecular formula is C62H104N4O47. The van der Waals surface area contributed by atoms with E-state index >= 15 is 0 Å². The van der Waals surface area contributed by atoms with Gasteiger partial charge in [0, 0.05) is 40.5 Å². The number of amides is 4. The van der Waals surface area contributed by atoms with E-state index < -0.39 is 358 Å². The summed E-state index contributed by atoms with van der Waals surface area (Å²) in [5.74, 6) is -14.4. The van der Waals surface area contributed by atoms with Gasteiger partial charge >= 0.3 is 11.9 Å². The minimum absolute atomic E-state index is 0.838. The molecule has 0 aromatic heterocycles. The number of nitrogens with one attached hydrogen (secondary N) is 4. The van der Waals surface area contributed by atoms with Crippen molar-refractivity contribution in [3.05, 3.63) is 0 Å². The summed E-state index contributed by atoms with van der Waals surface area (Å²) in [6.45, 7) is -7.52. The number of aliphatic hydroxyl groups excluding tert-OH is 25. The van der Waals surface area contributed by atoms with Gasteiger partial charge in [-0.15, -0.1) is 0 Å². The second kappa shape index (κ2) is 41.3. The molecule has 7 aliphatic rings. The van der Waals surface area contributed by atoms with Gasteiger partial charge in [-0.05, 0) is 0 Å². The number of rotatable bonds is 36. The zero-order chi connectivity index (χ0) is 84.5. The number of hydrogen-bond donors (Lipinski definition) is 31. The molecule has 7 heterocycles. The van der Waals surface area contributed by atoms with Crippen molar-refractivity contribution in [1.29, 1.82) is 0 Å². The summed E-state index contributed by atoms with van der Waals surface area (Å²) >= 11 is 0. The Morgan fingerprint density at radius 3 is 1.19 bits per heavy atom. The van der Waals surface area contributed by atoms with Crippen molar-refractivity contribution in [2.75, 3.05) is 59.5 Å². The normalized spacial score (nSPS) is 42.6. The molecule has 7 saturated heterocycles. The van der Waals surface area contributed by atoms with Crippen LogP contribution in [-0.2, 0) is 95.1 Å². The number of carbonyl (C=O) groups excluding carboxylic acids is 4. The maximum Gasteiger partial charge on any atom is 0.364 e. The molecule has 41 atom stereocenters. The van der Waals surface area contributed by atoms with Gasteiger partial charge in [-0.2, -0.15) is 0 Å². The van der Waals surface area contributed by atoms with Crippen LogP contribution in [0, 0.1) is 0 Å². The van der Waals surface area contributed by atoms with Crippen molar-refractivity contribution >= 4 is 35.6 Å². The number of carboxylic acid groups (broad SMARTS) is 2. The third kappa shape index (κ3) is 22.0. The zero-order valence-electron chi connectivity index (χ0n) is 60.5. The molecule has 0 bridgehead atoms. The van der Waals surface area contributed by atoms with E-state index in [0.29, 0.717) is 0 Å². The van der Waals surface area contributed by atoms with Crippen molar-refractivity contribution in [1.82, 2.24) is 21.3 Å². The van der Waals surface area contributed by atoms with E-state index in [2.05, 4.69) is 21.3 Å². The first-order chi connectivity index (χ1) is 53.0. The Kier molecular flexibility index (Phi) is 34.9. The number of aliphatic carboxylic acids is 2. The number of carbonyl (C=O) groups is 6. The standard InChI is InChI=1S/C62H104N4O47/c1-16(73)63-31-20(77)5-61(59(96)97,112-51(31)36(84)23(80)8-68)101-14-29-39(87)44(92)46(94)57(107-29)109-49-27(12-72)104-54(33(42(49)90)65-18(3)75)100-13-28-41(89)53(47(95)58(106-28)108-48(25(82)10-70)35(83)22(79)7-67)111-55-34(66-19(4)76)50(110-56-45(93)43(91)38(86)26(11-71)103-56)40(88)30(105-55)15-102-62(60(98)99)6-21(78)32(64-17(2)74)52(113-62)37(85)24(81)9-69/h20-58,67-72,77-95H,5-15H2,1-4H3,(H,63,73)(H,64,74)(H,65,75)(H,66,76)(H,96,97)(H,98,99)/t20-,21-,22-,23+,24+,25+,26+,27+,28+,29+,30+,31+,32+,33+,34+,35+,36+,37+,38-,39-,40+,41-,42+,43-,44-,45+,46+,47+,48+,49+,50+,51+,52+,53-,54+,55-,56-,57-,58-,61+,62+/m0/s1. The summed E-state index contributed by atoms with van der Waals surface area (Å²) in [6.07, 6.45) is -81.2. The molecule has 0 unspecified atom stereocenters. The molecule has 0 spiro atoms. The van der Waals surface area contributed by atoms with Crippen LogP contribution in [0.1, 0.15) is 40.5 Å². The van der Waals surface area contributed by atoms with Gasteiger partial charge in [-0.1, -0.05) is 0 Å². The van der Waals surface area contributed by atoms with Gasteiger partial charge < -0.3 is 225 Å². The molecule has 113 heavy (non-hydrogen) atoms. The van der Waals surface area contributed by atoms with Crippen LogP contribution in [0.3, 0.4) is 0 Å². The lowest BCUT2D eigenvalue weighted by Gasteiger charge is -2.51. The van der Waals surface area contributed by atoms with E-state index in [0.717, 1.165) is 27.7 Å². The molecule has 0 aromatic rings. The minimum Gasteiger partial charge on any atom is -0.477 e. The third-order valence-electron chi connectivity index (χ3n) is 19.8. The lowest BCUT2D eigenvalue weighted by atomic mass is 9.88. The van der Waals surface area contributed by atoms with Gasteiger partial charge in [0.2, 0.25) is 23.6 Å². The van der Waals surface area contributed by atoms with E-state index in [1.807, 2.05) is 0 Å². The van der Waals surface area contributed by atoms with Gasteiger partial charge in [-0.3, -0.25) is 19.2 Å². The molecular weight excluding hydrogens is 1550 g/mol. The predicted octanol–water partition coefficient (Wildman–Crippen LogP) is -19.8. The van der Waals surface area contributed by atoms with E-state index in [4.69, 9.17) is 66.3 Å². The second-order valence-corrected chi connectivity index (χ2v) is 28.0. The molecule has 4 amide bonds. The van der Waals surface area contributed by atoms with E-state index in [1.165, 1.54) is 0 Å². The average molecular weight is 1660 g/mol. The van der Waals surface area contributed by atoms with Crippen LogP contribution >= 0.6 is 0 Å². The Hall–Kier alpha value is -4.74. The first kappa shape index (κ1) is 95.4. The lowest BCUT2D eigenvalue weighted by Crippen LogP contribution is -2.71. The second-order valence-electron chi connectivity index (χ2n) is 28.0. The maximum atomic E-state index is 13.4. The first-order valence-electron chi connectivity index (χ1n) is 35.3. The Labute approximate surface area is 638 Å². The van der Waals surface area contributed by atoms with E-state index in [-0.39, 0.29) is 0 Å². The predicted molar refractivity (Wildman–Crippen MR) is 347 cm³/mol. The molecule has 7 fully saturated rings. The average Bonchev–Trinajstić information content (AvgIpc) is 0.768. The van der Waals surface area contributed by atoms with Crippen molar-refractivity contribution in [3.8, 4) is 0 Å². The van der Waals surface area contributed by atoms with Crippen molar-refractivity contribution in [3.63, 3.8) is 0 Å². The van der Waals surface area contributed by atoms with Gasteiger partial charge in [0.15, 0.2) is 31.5 Å². The van der Waals surface area contributed by atoms with Crippen molar-refractivity contribution in [2.24, 2.45) is 0 Å². The molecule has 7 aliphatic heterocycles. The molecule has 51 nitrogen and oxygen atoms in total. The van der Waals surface area contributed by atoms with Crippen LogP contribution in [0.2, 0.25) is 0 Å². The molecule has 0 aromatic carbocycles. The molecule has 0 aliphatic carbocycles. The zero-order valence-corrected chi connectivity index (χ0v) is 60.5. The summed E-state index contributed by atoms with van der Waals surface area (Å²) in [7, 11) is 0. The fourth-order valence-corrected chi connectivity index (χ4v) is 13.8. The molecule has 0 radical (unpaired) electrons. The first-order valence-corrected chi connectivity index (χ1v) is 35.3. The van der Waals surface area contributed by atoms with E-state index in [9.17, 15) is 167 Å². The van der Waals surface area contributed by atoms with Crippen LogP contribution in [0.15, 0.2) is 0 Å². The lowest BCUT2D eigenvalue weighted by molar-refractivity contribution is -0.380. The topological polar surface area (TPSA) is 826 Å². The van der Waals surface area contributed by atoms with Crippen LogP contribution in [0.25, 0.3) is 0 Å². The number of carboxylic acids is 2. The largest absolute Gasteiger partial charge is 0.477 e. The van der Waals surface area contributed by atoms with Crippen LogP contribution in [-0.4, -0.2) is 483 Å². The monoisotopic (exact) mass is 1660 g/mol. The number of ether oxygens (including phenoxy) is 14. The maximum absolute atomic E-state index is 13.4. The molecule has 31 N–H and O–H groups in total. The molecule has 7 rings (SSSR count). The fourth-order valence-electron chi connectivity index (χ4n) is 13.8. The smallest absolute Gasteiger partial charge is 0.364 e. The molecule has 654 valence electrons. The Balaban J connectivity index is 1.23. The highest BCUT2D eigenvalue weighted by molar-refractivity contribution is 5.77. The molecule has 51 heteroatoms. The van der Waals surface area contributed by atoms with Crippen LogP contribution in [0.5, 0.6) is 0 Å². The van der Waals surface area contributed by atoms with Crippen LogP contribution < -0.4 is 21.3 Å². The Bertz CT molecular complexity index is 3060. The Morgan fingerprint density at radius 1 is 0.381 bits per heavy atom. The Morgan fingerprint density at radius 2 is 0.752 bits per heavy atom. The van der Waals surface area contributed by atoms with Crippen LogP contribution in [0.4, 0.5) is 0 Å². The van der Waals surface area contributed by atoms with Gasteiger partial charge in [-0.25, -0.2) is 9.59 Å². The molecule has 0 saturated carbocycles. The van der Waals surface area contributed by atoms with Gasteiger partial charge in [0.25, 0.3) is 11.6 Å². The minimum atomic E-state index is -3.25. The highest BCUT2D eigenvalue weighted by atomic mass is 16.8. The van der Waals surface area contributed by atoms with Gasteiger partial charge in [0.1, 0.15) is 183 Å². The quantitative estimate of drug-likeness (QED) is 0.0277. The van der Waals surface area contributed by atoms with Gasteiger partial charge in [0.05, 0.1) is 83.8 Å². The number of hydrogen-bond acceptors (Lipinski definition) is 45. The van der Waals surface area contributed by atoms with Crippen molar-refractivity contribution in [2.45, 2.75) is 291 Å². The summed E-state index contributed by atoms with van der Waals surface area (Å²) in [5, 5.41) is 304. The summed E-state index contributed by atoms with van der Waals surface area (Å²) in [6, 6.07) is -7.60. The summed E-state index contributed by atoms with van der Waals surface area (Å²) < 4.78 is 81.7. The van der Waals surface area contributed by atoms with Crippen molar-refractivity contribution < 1.29 is 233 Å². The summed E-state index contributed by atoms with van der Waals surface area (Å²) in [4.78, 5) is 77.0. The van der Waals surface area contributed by atoms with E-state index in [1.54, 1.807) is 0 Å². The highest BCUT2D eigenvalue weighted by Gasteiger charge is 2.62.